The molecule has 3 heterocycles. The van der Waals surface area contributed by atoms with Crippen molar-refractivity contribution in [3.05, 3.63) is 0 Å². The van der Waals surface area contributed by atoms with E-state index in [1.54, 1.807) is 96.9 Å². The molecule has 4 rings (SSSR count). The summed E-state index contributed by atoms with van der Waals surface area (Å²) in [5.41, 5.74) is 2.46. The van der Waals surface area contributed by atoms with Crippen LogP contribution in [0.1, 0.15) is 123 Å². The summed E-state index contributed by atoms with van der Waals surface area (Å²) in [6, 6.07) is -4.66. The fourth-order valence-corrected chi connectivity index (χ4v) is 7.97. The molecule has 69 heavy (non-hydrogen) atoms. The van der Waals surface area contributed by atoms with E-state index in [1.165, 1.54) is 0 Å². The molecule has 0 bridgehead atoms. The molecule has 4 fully saturated rings. The van der Waals surface area contributed by atoms with Gasteiger partial charge in [0.05, 0.1) is 36.9 Å². The van der Waals surface area contributed by atoms with E-state index in [0.717, 1.165) is 0 Å². The fourth-order valence-electron chi connectivity index (χ4n) is 7.97. The van der Waals surface area contributed by atoms with Gasteiger partial charge in [0.2, 0.25) is 5.91 Å². The zero-order valence-electron chi connectivity index (χ0n) is 42.6. The van der Waals surface area contributed by atoms with E-state index in [0.29, 0.717) is 12.8 Å². The van der Waals surface area contributed by atoms with Crippen molar-refractivity contribution in [3.63, 3.8) is 0 Å². The standard InChI is InChI=1S/C45H80N6O18/c1-41(2,3)66-37(56)47-18-17-26(52)34(55)48-24-19-25(50-39(58)68-43(7,8)9)32(63-35-23(16-15-22(20-46)61-35)49-38(57)67-42(4,5)6)30(54)31(24)64-36-29(53)28(51-40(59)69-44(10,11)12)33-27(62-36)21-60-45(13,14)65-33/h22-33,35-36,52-54H,15-21,46H2,1-14H3,(H,47,56)(H,48,55)(H,49,57)(H,50,58)(H,51,59)/t22?,23?,24-,25+,26+,27?,28-,29?,30?,31+,32?,33-,35-,36-/m1/s1. The van der Waals surface area contributed by atoms with Crippen molar-refractivity contribution in [3.8, 4) is 0 Å². The maximum Gasteiger partial charge on any atom is 0.408 e. The molecule has 4 aliphatic rings. The number of fused-ring (bicyclic) bond motifs is 1. The number of nitrogens with one attached hydrogen (secondary N) is 5. The third-order valence-corrected chi connectivity index (χ3v) is 10.8. The van der Waals surface area contributed by atoms with Crippen LogP contribution in [0.15, 0.2) is 0 Å². The van der Waals surface area contributed by atoms with Crippen molar-refractivity contribution in [2.75, 3.05) is 19.7 Å². The van der Waals surface area contributed by atoms with Gasteiger partial charge >= 0.3 is 24.4 Å². The van der Waals surface area contributed by atoms with Gasteiger partial charge in [0.15, 0.2) is 18.4 Å². The molecule has 0 aromatic rings. The molecule has 5 amide bonds. The summed E-state index contributed by atoms with van der Waals surface area (Å²) >= 11 is 0. The molecule has 0 spiro atoms. The van der Waals surface area contributed by atoms with Crippen molar-refractivity contribution in [1.29, 1.82) is 0 Å². The Bertz CT molecular complexity index is 1750. The molecule has 3 saturated heterocycles. The van der Waals surface area contributed by atoms with Crippen LogP contribution in [0, 0.1) is 0 Å². The van der Waals surface area contributed by atoms with Gasteiger partial charge in [0.1, 0.15) is 65.1 Å². The molecular formula is C45H80N6O18. The highest BCUT2D eigenvalue weighted by Crippen LogP contribution is 2.37. The summed E-state index contributed by atoms with van der Waals surface area (Å²) in [7, 11) is 0. The molecule has 0 aromatic heterocycles. The van der Waals surface area contributed by atoms with Crippen molar-refractivity contribution in [1.82, 2.24) is 26.6 Å². The Balaban J connectivity index is 1.74. The van der Waals surface area contributed by atoms with Crippen LogP contribution in [0.5, 0.6) is 0 Å². The van der Waals surface area contributed by atoms with E-state index in [1.807, 2.05) is 0 Å². The number of nitrogens with two attached hydrogens (primary N) is 1. The van der Waals surface area contributed by atoms with Gasteiger partial charge in [0.25, 0.3) is 0 Å². The maximum atomic E-state index is 13.8. The van der Waals surface area contributed by atoms with Crippen LogP contribution < -0.4 is 32.3 Å². The fraction of sp³-hybridized carbons (Fsp3) is 0.889. The number of hydrogen-bond donors (Lipinski definition) is 9. The summed E-state index contributed by atoms with van der Waals surface area (Å²) < 4.78 is 59.4. The Kier molecular flexibility index (Phi) is 19.4. The molecule has 0 aromatic carbocycles. The Morgan fingerprint density at radius 2 is 1.16 bits per heavy atom. The van der Waals surface area contributed by atoms with Gasteiger partial charge in [-0.05, 0) is 123 Å². The van der Waals surface area contributed by atoms with E-state index in [4.69, 9.17) is 53.1 Å². The van der Waals surface area contributed by atoms with Crippen LogP contribution in [0.3, 0.4) is 0 Å². The molecule has 398 valence electrons. The molecule has 24 heteroatoms. The highest BCUT2D eigenvalue weighted by atomic mass is 16.8. The molecule has 10 N–H and O–H groups in total. The molecule has 1 saturated carbocycles. The van der Waals surface area contributed by atoms with Crippen molar-refractivity contribution in [2.45, 2.75) is 236 Å². The van der Waals surface area contributed by atoms with E-state index in [9.17, 15) is 39.3 Å². The van der Waals surface area contributed by atoms with Gasteiger partial charge < -0.3 is 95.0 Å². The number of amides is 5. The first-order valence-corrected chi connectivity index (χ1v) is 23.6. The quantitative estimate of drug-likeness (QED) is 0.119. The van der Waals surface area contributed by atoms with Crippen LogP contribution in [-0.4, -0.2) is 179 Å². The summed E-state index contributed by atoms with van der Waals surface area (Å²) in [6.07, 6.45) is -17.1. The van der Waals surface area contributed by atoms with Crippen LogP contribution in [-0.2, 0) is 52.2 Å². The van der Waals surface area contributed by atoms with Crippen molar-refractivity contribution < 1.29 is 86.7 Å². The minimum Gasteiger partial charge on any atom is -0.444 e. The average Bonchev–Trinajstić information content (AvgIpc) is 3.16. The van der Waals surface area contributed by atoms with Gasteiger partial charge in [-0.1, -0.05) is 0 Å². The highest BCUT2D eigenvalue weighted by Gasteiger charge is 2.56. The van der Waals surface area contributed by atoms with Crippen LogP contribution in [0.2, 0.25) is 0 Å². The molecular weight excluding hydrogens is 913 g/mol. The van der Waals surface area contributed by atoms with Crippen LogP contribution in [0.25, 0.3) is 0 Å². The lowest BCUT2D eigenvalue weighted by Gasteiger charge is -2.52. The Labute approximate surface area is 404 Å². The average molecular weight is 993 g/mol. The summed E-state index contributed by atoms with van der Waals surface area (Å²) in [6.45, 7) is 23.2. The molecule has 24 nitrogen and oxygen atoms in total. The molecule has 1 aliphatic carbocycles. The van der Waals surface area contributed by atoms with Crippen molar-refractivity contribution in [2.24, 2.45) is 5.73 Å². The number of ether oxygens (including phenoxy) is 10. The lowest BCUT2D eigenvalue weighted by atomic mass is 9.83. The monoisotopic (exact) mass is 993 g/mol. The van der Waals surface area contributed by atoms with E-state index >= 15 is 0 Å². The summed E-state index contributed by atoms with van der Waals surface area (Å²) in [5, 5.41) is 49.1. The van der Waals surface area contributed by atoms with E-state index in [2.05, 4.69) is 26.6 Å². The second kappa shape index (κ2) is 23.1. The third-order valence-electron chi connectivity index (χ3n) is 10.8. The maximum absolute atomic E-state index is 13.8. The van der Waals surface area contributed by atoms with Gasteiger partial charge in [-0.2, -0.15) is 0 Å². The Hall–Kier alpha value is -3.85. The zero-order valence-corrected chi connectivity index (χ0v) is 42.6. The molecule has 14 atom stereocenters. The molecule has 3 aliphatic heterocycles. The van der Waals surface area contributed by atoms with Crippen LogP contribution in [0.4, 0.5) is 19.2 Å². The first kappa shape index (κ1) is 57.7. The number of aliphatic hydroxyl groups excluding tert-OH is 3. The first-order valence-electron chi connectivity index (χ1n) is 23.6. The minimum absolute atomic E-state index is 0.0729. The van der Waals surface area contributed by atoms with E-state index in [-0.39, 0.29) is 32.5 Å². The molecule has 0 radical (unpaired) electrons. The highest BCUT2D eigenvalue weighted by molar-refractivity contribution is 5.81. The van der Waals surface area contributed by atoms with Gasteiger partial charge in [-0.15, -0.1) is 0 Å². The largest absolute Gasteiger partial charge is 0.444 e. The summed E-state index contributed by atoms with van der Waals surface area (Å²) in [4.78, 5) is 66.0. The predicted octanol–water partition coefficient (Wildman–Crippen LogP) is 1.66. The number of rotatable bonds is 13. The lowest BCUT2D eigenvalue weighted by Crippen LogP contribution is -2.72. The first-order chi connectivity index (χ1) is 31.6. The lowest BCUT2D eigenvalue weighted by molar-refractivity contribution is -0.376. The summed E-state index contributed by atoms with van der Waals surface area (Å²) in [5.74, 6) is -2.12. The Morgan fingerprint density at radius 3 is 1.70 bits per heavy atom. The van der Waals surface area contributed by atoms with E-state index < -0.39 is 144 Å². The zero-order chi connectivity index (χ0) is 52.0. The number of carbonyl (C=O) groups excluding carboxylic acids is 5. The Morgan fingerprint density at radius 1 is 0.667 bits per heavy atom. The number of carbonyl (C=O) groups is 5. The predicted molar refractivity (Wildman–Crippen MR) is 243 cm³/mol. The normalized spacial score (nSPS) is 32.2. The van der Waals surface area contributed by atoms with Crippen molar-refractivity contribution >= 4 is 30.3 Å². The topological polar surface area (TPSA) is 325 Å². The smallest absolute Gasteiger partial charge is 0.408 e. The minimum atomic E-state index is -1.86. The number of hydrogen-bond acceptors (Lipinski definition) is 19. The second-order valence-corrected chi connectivity index (χ2v) is 22.2. The third kappa shape index (κ3) is 18.4. The SMILES string of the molecule is CC(C)(C)OC(=O)NCC[C@H](O)C(=O)N[C@@H]1C[C@H](NC(=O)OC(C)(C)C)C(O[C@H]2OC(CN)CCC2NC(=O)OC(C)(C)C)C(O)[C@H]1O[C@H]1OC2COC(C)(C)O[C@H]2[C@H](NC(=O)OC(C)(C)C)C1O. The number of aliphatic hydroxyl groups is 3. The second-order valence-electron chi connectivity index (χ2n) is 22.2. The number of alkyl carbamates (subject to hydrolysis) is 4. The van der Waals surface area contributed by atoms with Gasteiger partial charge in [-0.25, -0.2) is 19.2 Å². The molecule has 6 unspecified atom stereocenters. The van der Waals surface area contributed by atoms with Gasteiger partial charge in [-0.3, -0.25) is 4.79 Å². The van der Waals surface area contributed by atoms with Crippen LogP contribution >= 0.6 is 0 Å². The van der Waals surface area contributed by atoms with Gasteiger partial charge in [0, 0.05) is 13.1 Å².